The zero-order valence-electron chi connectivity index (χ0n) is 19.6. The lowest BCUT2D eigenvalue weighted by Crippen LogP contribution is -2.34. The Labute approximate surface area is 189 Å². The smallest absolute Gasteiger partial charge is 0.293 e. The van der Waals surface area contributed by atoms with E-state index < -0.39 is 0 Å². The molecule has 3 aromatic rings. The van der Waals surface area contributed by atoms with Gasteiger partial charge in [-0.2, -0.15) is 0 Å². The highest BCUT2D eigenvalue weighted by Gasteiger charge is 2.37. The molecular weight excluding hydrogens is 404 g/mol. The number of furan rings is 1. The van der Waals surface area contributed by atoms with Crippen LogP contribution in [0.3, 0.4) is 0 Å². The van der Waals surface area contributed by atoms with E-state index in [1.165, 1.54) is 46.4 Å². The van der Waals surface area contributed by atoms with E-state index in [0.29, 0.717) is 17.3 Å². The van der Waals surface area contributed by atoms with E-state index in [0.717, 1.165) is 16.3 Å². The van der Waals surface area contributed by atoms with Gasteiger partial charge in [0.2, 0.25) is 0 Å². The summed E-state index contributed by atoms with van der Waals surface area (Å²) >= 11 is 1.48. The number of aromatic nitrogens is 1. The van der Waals surface area contributed by atoms with E-state index in [1.807, 2.05) is 19.9 Å². The van der Waals surface area contributed by atoms with Crippen LogP contribution in [-0.2, 0) is 17.3 Å². The van der Waals surface area contributed by atoms with Crippen molar-refractivity contribution in [3.8, 4) is 0 Å². The Kier molecular flexibility index (Phi) is 5.37. The van der Waals surface area contributed by atoms with Gasteiger partial charge in [0.05, 0.1) is 5.69 Å². The van der Waals surface area contributed by atoms with Crippen molar-refractivity contribution in [1.29, 1.82) is 0 Å². The van der Waals surface area contributed by atoms with E-state index in [-0.39, 0.29) is 16.7 Å². The molecular formula is C26H32N2O2S. The van der Waals surface area contributed by atoms with Crippen molar-refractivity contribution in [3.05, 3.63) is 68.6 Å². The molecule has 31 heavy (non-hydrogen) atoms. The summed E-state index contributed by atoms with van der Waals surface area (Å²) in [6.45, 7) is 15.5. The first-order valence-electron chi connectivity index (χ1n) is 10.9. The average molecular weight is 437 g/mol. The van der Waals surface area contributed by atoms with Gasteiger partial charge in [-0.3, -0.25) is 10.1 Å². The van der Waals surface area contributed by atoms with Gasteiger partial charge in [0.25, 0.3) is 5.91 Å². The number of nitrogens with zero attached hydrogens (tertiary/aromatic N) is 1. The van der Waals surface area contributed by atoms with E-state index >= 15 is 0 Å². The summed E-state index contributed by atoms with van der Waals surface area (Å²) in [7, 11) is 0. The average Bonchev–Trinajstić information content (AvgIpc) is 3.27. The Morgan fingerprint density at radius 3 is 2.32 bits per heavy atom. The summed E-state index contributed by atoms with van der Waals surface area (Å²) in [6, 6.07) is 8.39. The van der Waals surface area contributed by atoms with Crippen LogP contribution in [0, 0.1) is 20.8 Å². The van der Waals surface area contributed by atoms with Crippen LogP contribution in [0.25, 0.3) is 0 Å². The minimum absolute atomic E-state index is 0.172. The Bertz CT molecular complexity index is 1130. The maximum atomic E-state index is 12.6. The molecule has 1 amide bonds. The Balaban J connectivity index is 1.57. The number of benzene rings is 1. The summed E-state index contributed by atoms with van der Waals surface area (Å²) in [5, 5.41) is 3.45. The molecule has 1 aromatic carbocycles. The highest BCUT2D eigenvalue weighted by molar-refractivity contribution is 7.15. The Morgan fingerprint density at radius 1 is 1.06 bits per heavy atom. The predicted molar refractivity (Wildman–Crippen MR) is 128 cm³/mol. The quantitative estimate of drug-likeness (QED) is 0.486. The molecule has 0 saturated heterocycles. The van der Waals surface area contributed by atoms with E-state index in [1.54, 1.807) is 6.07 Å². The lowest BCUT2D eigenvalue weighted by molar-refractivity contribution is 0.0995. The molecule has 0 spiro atoms. The predicted octanol–water partition coefficient (Wildman–Crippen LogP) is 6.85. The fourth-order valence-electron chi connectivity index (χ4n) is 4.43. The fraction of sp³-hybridized carbons (Fsp3) is 0.462. The number of carbonyl (C=O) groups is 1. The van der Waals surface area contributed by atoms with Gasteiger partial charge in [0.1, 0.15) is 5.76 Å². The van der Waals surface area contributed by atoms with Gasteiger partial charge in [0, 0.05) is 11.3 Å². The van der Waals surface area contributed by atoms with Gasteiger partial charge < -0.3 is 4.42 Å². The fourth-order valence-corrected chi connectivity index (χ4v) is 5.23. The second-order valence-electron chi connectivity index (χ2n) is 10.1. The number of thiazole rings is 1. The molecule has 0 bridgehead atoms. The highest BCUT2D eigenvalue weighted by Crippen LogP contribution is 2.46. The van der Waals surface area contributed by atoms with Crippen molar-refractivity contribution in [2.45, 2.75) is 78.6 Å². The number of fused-ring (bicyclic) bond motifs is 1. The SMILES string of the molecule is Cc1cc2c(cc1Cc1ccc(C(=O)Nc3nc(C)c(C)s3)o1)C(C)(C)CCC2(C)C. The molecule has 1 aliphatic rings. The third-order valence-electron chi connectivity index (χ3n) is 6.81. The van der Waals surface area contributed by atoms with Crippen molar-refractivity contribution in [2.24, 2.45) is 0 Å². The molecule has 5 heteroatoms. The number of carbonyl (C=O) groups excluding carboxylic acids is 1. The van der Waals surface area contributed by atoms with Crippen molar-refractivity contribution >= 4 is 22.4 Å². The van der Waals surface area contributed by atoms with Crippen LogP contribution in [0.1, 0.15) is 89.7 Å². The summed E-state index contributed by atoms with van der Waals surface area (Å²) < 4.78 is 5.92. The molecule has 0 unspecified atom stereocenters. The molecule has 0 atom stereocenters. The van der Waals surface area contributed by atoms with E-state index in [4.69, 9.17) is 4.42 Å². The second kappa shape index (κ2) is 7.63. The standard InChI is InChI=1S/C26H32N2O2S/c1-15-12-20-21(26(6,7)11-10-25(20,4)5)14-18(15)13-19-8-9-22(30-19)23(29)28-24-27-16(2)17(3)31-24/h8-9,12,14H,10-11,13H2,1-7H3,(H,27,28,29). The third kappa shape index (κ3) is 4.20. The number of rotatable bonds is 4. The number of aryl methyl sites for hydroxylation is 3. The van der Waals surface area contributed by atoms with Crippen LogP contribution in [0.15, 0.2) is 28.7 Å². The first-order valence-corrected chi connectivity index (χ1v) is 11.8. The van der Waals surface area contributed by atoms with Gasteiger partial charge in [-0.25, -0.2) is 4.98 Å². The number of hydrogen-bond donors (Lipinski definition) is 1. The first kappa shape index (κ1) is 21.8. The molecule has 4 rings (SSSR count). The largest absolute Gasteiger partial charge is 0.456 e. The number of anilines is 1. The van der Waals surface area contributed by atoms with Crippen molar-refractivity contribution in [1.82, 2.24) is 4.98 Å². The molecule has 0 saturated carbocycles. The number of amides is 1. The van der Waals surface area contributed by atoms with Gasteiger partial charge in [-0.1, -0.05) is 39.8 Å². The molecule has 1 aliphatic carbocycles. The normalized spacial score (nSPS) is 16.7. The van der Waals surface area contributed by atoms with E-state index in [9.17, 15) is 4.79 Å². The van der Waals surface area contributed by atoms with Crippen LogP contribution >= 0.6 is 11.3 Å². The first-order chi connectivity index (χ1) is 14.5. The maximum absolute atomic E-state index is 12.6. The second-order valence-corrected chi connectivity index (χ2v) is 11.4. The summed E-state index contributed by atoms with van der Waals surface area (Å²) in [4.78, 5) is 18.1. The molecule has 2 aromatic heterocycles. The molecule has 4 nitrogen and oxygen atoms in total. The highest BCUT2D eigenvalue weighted by atomic mass is 32.1. The van der Waals surface area contributed by atoms with Gasteiger partial charge >= 0.3 is 0 Å². The molecule has 164 valence electrons. The van der Waals surface area contributed by atoms with Crippen LogP contribution in [0.5, 0.6) is 0 Å². The van der Waals surface area contributed by atoms with Crippen LogP contribution in [0.2, 0.25) is 0 Å². The summed E-state index contributed by atoms with van der Waals surface area (Å²) in [5.41, 5.74) is 6.77. The minimum atomic E-state index is -0.259. The molecule has 2 heterocycles. The maximum Gasteiger partial charge on any atom is 0.293 e. The van der Waals surface area contributed by atoms with Crippen LogP contribution in [0.4, 0.5) is 5.13 Å². The Hall–Kier alpha value is -2.40. The van der Waals surface area contributed by atoms with Gasteiger partial charge in [-0.15, -0.1) is 11.3 Å². The zero-order chi connectivity index (χ0) is 22.6. The Morgan fingerprint density at radius 2 is 1.71 bits per heavy atom. The van der Waals surface area contributed by atoms with Crippen LogP contribution in [-0.4, -0.2) is 10.9 Å². The lowest BCUT2D eigenvalue weighted by Gasteiger charge is -2.42. The third-order valence-corrected chi connectivity index (χ3v) is 7.80. The van der Waals surface area contributed by atoms with Gasteiger partial charge in [0.15, 0.2) is 10.9 Å². The van der Waals surface area contributed by atoms with Crippen LogP contribution < -0.4 is 5.32 Å². The zero-order valence-corrected chi connectivity index (χ0v) is 20.4. The lowest BCUT2D eigenvalue weighted by atomic mass is 9.62. The summed E-state index contributed by atoms with van der Waals surface area (Å²) in [6.07, 6.45) is 3.08. The van der Waals surface area contributed by atoms with E-state index in [2.05, 4.69) is 57.1 Å². The van der Waals surface area contributed by atoms with Gasteiger partial charge in [-0.05, 0) is 78.8 Å². The molecule has 0 aliphatic heterocycles. The number of hydrogen-bond acceptors (Lipinski definition) is 4. The van der Waals surface area contributed by atoms with Crippen molar-refractivity contribution in [3.63, 3.8) is 0 Å². The monoisotopic (exact) mass is 436 g/mol. The molecule has 0 fully saturated rings. The minimum Gasteiger partial charge on any atom is -0.456 e. The van der Waals surface area contributed by atoms with Crippen molar-refractivity contribution < 1.29 is 9.21 Å². The molecule has 1 N–H and O–H groups in total. The molecule has 0 radical (unpaired) electrons. The topological polar surface area (TPSA) is 55.1 Å². The number of nitrogens with one attached hydrogen (secondary N) is 1. The summed E-state index contributed by atoms with van der Waals surface area (Å²) in [5.74, 6) is 0.857. The van der Waals surface area contributed by atoms with Crippen molar-refractivity contribution in [2.75, 3.05) is 5.32 Å².